The monoisotopic (exact) mass is 389 g/mol. The average molecular weight is 390 g/mol. The first kappa shape index (κ1) is 18.7. The molecule has 0 spiro atoms. The van der Waals surface area contributed by atoms with Crippen LogP contribution in [0, 0.1) is 5.82 Å². The lowest BCUT2D eigenvalue weighted by atomic mass is 9.99. The number of H-pyrrole nitrogens is 1. The Morgan fingerprint density at radius 1 is 1.12 bits per heavy atom. The number of nitrogens with zero attached hydrogens (tertiary/aromatic N) is 2. The largest absolute Gasteiger partial charge is 0.381 e. The van der Waals surface area contributed by atoms with Crippen molar-refractivity contribution in [3.05, 3.63) is 33.5 Å². The van der Waals surface area contributed by atoms with Crippen LogP contribution >= 0.6 is 24.0 Å². The highest BCUT2D eigenvalue weighted by Crippen LogP contribution is 2.29. The summed E-state index contributed by atoms with van der Waals surface area (Å²) in [6.45, 7) is 3.64. The van der Waals surface area contributed by atoms with Crippen LogP contribution in [0.4, 0.5) is 4.39 Å². The molecule has 1 aromatic heterocycles. The van der Waals surface area contributed by atoms with E-state index in [1.54, 1.807) is 10.6 Å². The SMILES string of the molecule is Cl.O=c1[nH]c2cc(F)c(Cl)cc2n1C1CCN(C2CCOCC2)CC1. The molecule has 0 radical (unpaired) electrons. The highest BCUT2D eigenvalue weighted by atomic mass is 35.5. The van der Waals surface area contributed by atoms with Crippen LogP contribution in [0.1, 0.15) is 31.7 Å². The van der Waals surface area contributed by atoms with Crippen molar-refractivity contribution in [2.24, 2.45) is 0 Å². The van der Waals surface area contributed by atoms with Gasteiger partial charge < -0.3 is 14.6 Å². The Morgan fingerprint density at radius 3 is 2.48 bits per heavy atom. The van der Waals surface area contributed by atoms with Crippen LogP contribution in [0.2, 0.25) is 5.02 Å². The molecular formula is C17H22Cl2FN3O2. The van der Waals surface area contributed by atoms with Crippen molar-refractivity contribution in [1.29, 1.82) is 0 Å². The maximum Gasteiger partial charge on any atom is 0.326 e. The second-order valence-electron chi connectivity index (χ2n) is 6.69. The molecule has 0 unspecified atom stereocenters. The molecule has 8 heteroatoms. The Kier molecular flexibility index (Phi) is 5.73. The van der Waals surface area contributed by atoms with E-state index < -0.39 is 5.82 Å². The van der Waals surface area contributed by atoms with E-state index in [0.29, 0.717) is 17.1 Å². The predicted octanol–water partition coefficient (Wildman–Crippen LogP) is 3.36. The minimum absolute atomic E-state index is 0. The fraction of sp³-hybridized carbons (Fsp3) is 0.588. The molecule has 3 heterocycles. The first-order valence-corrected chi connectivity index (χ1v) is 8.92. The second-order valence-corrected chi connectivity index (χ2v) is 7.10. The average Bonchev–Trinajstić information content (AvgIpc) is 2.91. The smallest absolute Gasteiger partial charge is 0.326 e. The summed E-state index contributed by atoms with van der Waals surface area (Å²) in [5, 5.41) is 0.0508. The van der Waals surface area contributed by atoms with Gasteiger partial charge >= 0.3 is 5.69 Å². The van der Waals surface area contributed by atoms with Crippen LogP contribution in [0.15, 0.2) is 16.9 Å². The van der Waals surface area contributed by atoms with Gasteiger partial charge in [-0.05, 0) is 31.7 Å². The fourth-order valence-corrected chi connectivity index (χ4v) is 4.20. The van der Waals surface area contributed by atoms with Gasteiger partial charge in [0.1, 0.15) is 5.82 Å². The van der Waals surface area contributed by atoms with Gasteiger partial charge in [0.2, 0.25) is 0 Å². The number of fused-ring (bicyclic) bond motifs is 1. The number of imidazole rings is 1. The van der Waals surface area contributed by atoms with E-state index in [1.165, 1.54) is 6.07 Å². The first-order valence-electron chi connectivity index (χ1n) is 8.54. The van der Waals surface area contributed by atoms with Gasteiger partial charge in [-0.1, -0.05) is 11.6 Å². The van der Waals surface area contributed by atoms with Crippen molar-refractivity contribution in [1.82, 2.24) is 14.5 Å². The molecule has 2 aliphatic heterocycles. The zero-order chi connectivity index (χ0) is 16.7. The molecule has 2 aliphatic rings. The summed E-state index contributed by atoms with van der Waals surface area (Å²) >= 11 is 5.91. The van der Waals surface area contributed by atoms with Gasteiger partial charge in [-0.2, -0.15) is 0 Å². The lowest BCUT2D eigenvalue weighted by Crippen LogP contribution is -2.45. The molecular weight excluding hydrogens is 368 g/mol. The molecule has 2 aromatic rings. The van der Waals surface area contributed by atoms with E-state index in [0.717, 1.165) is 52.0 Å². The van der Waals surface area contributed by atoms with Crippen molar-refractivity contribution in [2.75, 3.05) is 26.3 Å². The zero-order valence-corrected chi connectivity index (χ0v) is 15.4. The van der Waals surface area contributed by atoms with Gasteiger partial charge in [0, 0.05) is 44.5 Å². The fourth-order valence-electron chi connectivity index (χ4n) is 4.04. The van der Waals surface area contributed by atoms with Crippen molar-refractivity contribution in [2.45, 2.75) is 37.8 Å². The third kappa shape index (κ3) is 3.58. The lowest BCUT2D eigenvalue weighted by Gasteiger charge is -2.39. The molecule has 25 heavy (non-hydrogen) atoms. The summed E-state index contributed by atoms with van der Waals surface area (Å²) in [5.74, 6) is -0.507. The van der Waals surface area contributed by atoms with E-state index >= 15 is 0 Å². The standard InChI is InChI=1S/C17H21ClFN3O2.ClH/c18-13-9-16-15(10-14(13)19)20-17(23)22(16)12-1-5-21(6-2-12)11-3-7-24-8-4-11;/h9-12H,1-8H2,(H,20,23);1H. The van der Waals surface area contributed by atoms with Crippen molar-refractivity contribution in [3.63, 3.8) is 0 Å². The number of benzene rings is 1. The zero-order valence-electron chi connectivity index (χ0n) is 13.8. The molecule has 1 aromatic carbocycles. The minimum atomic E-state index is -0.507. The Bertz CT molecular complexity index is 793. The Labute approximate surface area is 156 Å². The molecule has 0 atom stereocenters. The summed E-state index contributed by atoms with van der Waals surface area (Å²) in [5.41, 5.74) is 1.01. The van der Waals surface area contributed by atoms with Crippen molar-refractivity contribution >= 4 is 35.0 Å². The normalized spacial score (nSPS) is 20.7. The number of rotatable bonds is 2. The molecule has 0 amide bonds. The molecule has 5 nitrogen and oxygen atoms in total. The topological polar surface area (TPSA) is 50.3 Å². The van der Waals surface area contributed by atoms with Gasteiger partial charge in [-0.25, -0.2) is 9.18 Å². The number of aromatic amines is 1. The summed E-state index contributed by atoms with van der Waals surface area (Å²) in [7, 11) is 0. The van der Waals surface area contributed by atoms with Gasteiger partial charge in [-0.15, -0.1) is 12.4 Å². The Hall–Kier alpha value is -1.08. The number of hydrogen-bond donors (Lipinski definition) is 1. The summed E-state index contributed by atoms with van der Waals surface area (Å²) < 4.78 is 20.8. The Morgan fingerprint density at radius 2 is 1.80 bits per heavy atom. The van der Waals surface area contributed by atoms with Crippen LogP contribution < -0.4 is 5.69 Å². The number of hydrogen-bond acceptors (Lipinski definition) is 3. The number of piperidine rings is 1. The highest BCUT2D eigenvalue weighted by Gasteiger charge is 2.28. The summed E-state index contributed by atoms with van der Waals surface area (Å²) in [6.07, 6.45) is 4.01. The number of nitrogens with one attached hydrogen (secondary N) is 1. The van der Waals surface area contributed by atoms with Crippen molar-refractivity contribution in [3.8, 4) is 0 Å². The van der Waals surface area contributed by atoms with Gasteiger partial charge in [0.25, 0.3) is 0 Å². The van der Waals surface area contributed by atoms with E-state index in [1.807, 2.05) is 0 Å². The molecule has 2 fully saturated rings. The predicted molar refractivity (Wildman–Crippen MR) is 98.5 cm³/mol. The van der Waals surface area contributed by atoms with E-state index in [2.05, 4.69) is 9.88 Å². The third-order valence-corrected chi connectivity index (χ3v) is 5.62. The van der Waals surface area contributed by atoms with Gasteiger partial charge in [0.05, 0.1) is 16.1 Å². The lowest BCUT2D eigenvalue weighted by molar-refractivity contribution is 0.0220. The van der Waals surface area contributed by atoms with Crippen molar-refractivity contribution < 1.29 is 9.13 Å². The Balaban J connectivity index is 0.00000182. The van der Waals surface area contributed by atoms with E-state index in [-0.39, 0.29) is 29.2 Å². The van der Waals surface area contributed by atoms with Crippen LogP contribution in [0.5, 0.6) is 0 Å². The molecule has 0 saturated carbocycles. The van der Waals surface area contributed by atoms with Crippen LogP contribution in [-0.2, 0) is 4.74 Å². The van der Waals surface area contributed by atoms with Crippen LogP contribution in [0.3, 0.4) is 0 Å². The molecule has 138 valence electrons. The summed E-state index contributed by atoms with van der Waals surface area (Å²) in [4.78, 5) is 17.6. The number of aromatic nitrogens is 2. The summed E-state index contributed by atoms with van der Waals surface area (Å²) in [6, 6.07) is 3.58. The van der Waals surface area contributed by atoms with Crippen LogP contribution in [0.25, 0.3) is 11.0 Å². The second kappa shape index (κ2) is 7.66. The number of likely N-dealkylation sites (tertiary alicyclic amines) is 1. The van der Waals surface area contributed by atoms with Crippen LogP contribution in [-0.4, -0.2) is 46.8 Å². The van der Waals surface area contributed by atoms with E-state index in [4.69, 9.17) is 16.3 Å². The number of ether oxygens (including phenoxy) is 1. The number of halogens is 3. The molecule has 0 bridgehead atoms. The highest BCUT2D eigenvalue weighted by molar-refractivity contribution is 6.31. The molecule has 0 aliphatic carbocycles. The van der Waals surface area contributed by atoms with E-state index in [9.17, 15) is 9.18 Å². The molecule has 4 rings (SSSR count). The van der Waals surface area contributed by atoms with Gasteiger partial charge in [-0.3, -0.25) is 4.57 Å². The van der Waals surface area contributed by atoms with Gasteiger partial charge in [0.15, 0.2) is 0 Å². The maximum atomic E-state index is 13.6. The minimum Gasteiger partial charge on any atom is -0.381 e. The molecule has 2 saturated heterocycles. The first-order chi connectivity index (χ1) is 11.6. The molecule has 1 N–H and O–H groups in total. The third-order valence-electron chi connectivity index (χ3n) is 5.33. The maximum absolute atomic E-state index is 13.6. The quantitative estimate of drug-likeness (QED) is 0.856.